The third-order valence-corrected chi connectivity index (χ3v) is 2.92. The third kappa shape index (κ3) is 2.20. The van der Waals surface area contributed by atoms with Gasteiger partial charge in [-0.05, 0) is 25.7 Å². The summed E-state index contributed by atoms with van der Waals surface area (Å²) >= 11 is 11.1. The summed E-state index contributed by atoms with van der Waals surface area (Å²) in [5, 5.41) is 0. The average Bonchev–Trinajstić information content (AvgIpc) is 2.71. The Hall–Kier alpha value is -0.0800. The molecule has 0 saturated heterocycles. The first-order valence-corrected chi connectivity index (χ1v) is 4.62. The summed E-state index contributed by atoms with van der Waals surface area (Å²) in [6.07, 6.45) is 2.44. The maximum Gasteiger partial charge on any atom is 0.232 e. The van der Waals surface area contributed by atoms with Gasteiger partial charge >= 0.3 is 0 Å². The van der Waals surface area contributed by atoms with Crippen LogP contribution in [-0.4, -0.2) is 15.9 Å². The zero-order valence-electron chi connectivity index (χ0n) is 6.77. The number of alkyl halides is 2. The van der Waals surface area contributed by atoms with Crippen LogP contribution >= 0.6 is 23.2 Å². The van der Waals surface area contributed by atoms with Crippen LogP contribution in [0.15, 0.2) is 0 Å². The molecule has 1 fully saturated rings. The van der Waals surface area contributed by atoms with Crippen molar-refractivity contribution in [3.8, 4) is 0 Å². The molecule has 0 aromatic rings. The highest BCUT2D eigenvalue weighted by Crippen LogP contribution is 2.36. The smallest absolute Gasteiger partial charge is 0.232 e. The molecule has 12 heavy (non-hydrogen) atoms. The minimum Gasteiger partial charge on any atom is -0.296 e. The molecule has 0 amide bonds. The molecule has 0 radical (unpaired) electrons. The number of halogens is 2. The van der Waals surface area contributed by atoms with Crippen LogP contribution in [0, 0.1) is 5.92 Å². The first kappa shape index (κ1) is 10.0. The van der Waals surface area contributed by atoms with E-state index in [2.05, 4.69) is 0 Å². The normalized spacial score (nSPS) is 17.6. The van der Waals surface area contributed by atoms with Crippen LogP contribution in [0.25, 0.3) is 0 Å². The van der Waals surface area contributed by atoms with Crippen molar-refractivity contribution in [3.05, 3.63) is 0 Å². The van der Waals surface area contributed by atoms with Crippen LogP contribution in [0.4, 0.5) is 0 Å². The van der Waals surface area contributed by atoms with E-state index >= 15 is 0 Å². The summed E-state index contributed by atoms with van der Waals surface area (Å²) in [7, 11) is 0. The van der Waals surface area contributed by atoms with Crippen molar-refractivity contribution < 1.29 is 9.59 Å². The van der Waals surface area contributed by atoms with Crippen LogP contribution in [0.1, 0.15) is 26.2 Å². The minimum absolute atomic E-state index is 0.340. The summed E-state index contributed by atoms with van der Waals surface area (Å²) in [4.78, 5) is 22.1. The van der Waals surface area contributed by atoms with Gasteiger partial charge in [0, 0.05) is 6.42 Å². The molecular formula is C8H10Cl2O2. The Balaban J connectivity index is 2.53. The van der Waals surface area contributed by atoms with Gasteiger partial charge in [-0.3, -0.25) is 9.59 Å². The van der Waals surface area contributed by atoms with Crippen LogP contribution in [0.3, 0.4) is 0 Å². The highest BCUT2D eigenvalue weighted by atomic mass is 35.5. The van der Waals surface area contributed by atoms with Gasteiger partial charge < -0.3 is 0 Å². The number of carbonyl (C=O) groups excluding carboxylic acids is 2. The van der Waals surface area contributed by atoms with Gasteiger partial charge in [-0.1, -0.05) is 23.2 Å². The van der Waals surface area contributed by atoms with Crippen LogP contribution in [0.2, 0.25) is 0 Å². The number of hydrogen-bond acceptors (Lipinski definition) is 2. The van der Waals surface area contributed by atoms with Gasteiger partial charge in [-0.2, -0.15) is 0 Å². The Morgan fingerprint density at radius 1 is 1.42 bits per heavy atom. The molecule has 0 bridgehead atoms. The molecule has 68 valence electrons. The highest BCUT2D eigenvalue weighted by Gasteiger charge is 2.41. The molecule has 1 rings (SSSR count). The number of hydrogen-bond donors (Lipinski definition) is 0. The van der Waals surface area contributed by atoms with E-state index in [1.807, 2.05) is 0 Å². The van der Waals surface area contributed by atoms with E-state index in [0.29, 0.717) is 12.3 Å². The SMILES string of the molecule is CC(=O)C(Cl)(Cl)C(=O)CC1CC1. The fourth-order valence-corrected chi connectivity index (χ4v) is 1.06. The second-order valence-electron chi connectivity index (χ2n) is 3.20. The lowest BCUT2D eigenvalue weighted by Crippen LogP contribution is -2.33. The second-order valence-corrected chi connectivity index (χ2v) is 4.53. The molecule has 0 spiro atoms. The molecule has 0 aromatic carbocycles. The summed E-state index contributed by atoms with van der Waals surface area (Å²) in [5.74, 6) is -0.439. The summed E-state index contributed by atoms with van der Waals surface area (Å²) in [6, 6.07) is 0. The number of rotatable bonds is 4. The Morgan fingerprint density at radius 2 is 1.92 bits per heavy atom. The van der Waals surface area contributed by atoms with E-state index in [1.54, 1.807) is 0 Å². The highest BCUT2D eigenvalue weighted by molar-refractivity contribution is 6.67. The van der Waals surface area contributed by atoms with E-state index in [-0.39, 0.29) is 5.78 Å². The molecule has 0 aromatic heterocycles. The van der Waals surface area contributed by atoms with Crippen molar-refractivity contribution in [1.82, 2.24) is 0 Å². The summed E-state index contributed by atoms with van der Waals surface area (Å²) in [6.45, 7) is 1.23. The minimum atomic E-state index is -1.80. The van der Waals surface area contributed by atoms with Gasteiger partial charge in [-0.15, -0.1) is 0 Å². The van der Waals surface area contributed by atoms with E-state index in [4.69, 9.17) is 23.2 Å². The lowest BCUT2D eigenvalue weighted by atomic mass is 10.1. The van der Waals surface area contributed by atoms with Crippen molar-refractivity contribution in [2.45, 2.75) is 30.5 Å². The number of Topliss-reactive ketones (excluding diaryl/α,β-unsaturated/α-hetero) is 2. The van der Waals surface area contributed by atoms with Gasteiger partial charge in [0.15, 0.2) is 11.6 Å². The first-order valence-electron chi connectivity index (χ1n) is 3.86. The van der Waals surface area contributed by atoms with Gasteiger partial charge in [0.05, 0.1) is 0 Å². The average molecular weight is 209 g/mol. The lowest BCUT2D eigenvalue weighted by Gasteiger charge is -2.13. The zero-order valence-corrected chi connectivity index (χ0v) is 8.28. The Bertz CT molecular complexity index is 219. The molecule has 0 N–H and O–H groups in total. The van der Waals surface area contributed by atoms with Gasteiger partial charge in [0.2, 0.25) is 4.33 Å². The molecule has 1 saturated carbocycles. The van der Waals surface area contributed by atoms with Gasteiger partial charge in [0.25, 0.3) is 0 Å². The first-order chi connectivity index (χ1) is 5.44. The van der Waals surface area contributed by atoms with Crippen molar-refractivity contribution in [2.24, 2.45) is 5.92 Å². The molecule has 1 aliphatic rings. The van der Waals surface area contributed by atoms with Gasteiger partial charge in [0.1, 0.15) is 0 Å². The Kier molecular flexibility index (Phi) is 2.79. The van der Waals surface area contributed by atoms with E-state index in [9.17, 15) is 9.59 Å². The third-order valence-electron chi connectivity index (χ3n) is 1.96. The van der Waals surface area contributed by atoms with Crippen molar-refractivity contribution in [1.29, 1.82) is 0 Å². The predicted molar refractivity (Wildman–Crippen MR) is 47.5 cm³/mol. The molecule has 0 aliphatic heterocycles. The maximum atomic E-state index is 11.3. The number of carbonyl (C=O) groups is 2. The molecule has 0 atom stereocenters. The monoisotopic (exact) mass is 208 g/mol. The van der Waals surface area contributed by atoms with E-state index in [1.165, 1.54) is 6.92 Å². The van der Waals surface area contributed by atoms with Crippen molar-refractivity contribution in [2.75, 3.05) is 0 Å². The maximum absolute atomic E-state index is 11.3. The molecule has 0 unspecified atom stereocenters. The molecular weight excluding hydrogens is 199 g/mol. The molecule has 4 heteroatoms. The lowest BCUT2D eigenvalue weighted by molar-refractivity contribution is -0.127. The topological polar surface area (TPSA) is 34.1 Å². The standard InChI is InChI=1S/C8H10Cl2O2/c1-5(11)8(9,10)7(12)4-6-2-3-6/h6H,2-4H2,1H3. The van der Waals surface area contributed by atoms with E-state index < -0.39 is 10.1 Å². The van der Waals surface area contributed by atoms with E-state index in [0.717, 1.165) is 12.8 Å². The quantitative estimate of drug-likeness (QED) is 0.524. The van der Waals surface area contributed by atoms with Crippen LogP contribution in [-0.2, 0) is 9.59 Å². The summed E-state index contributed by atoms with van der Waals surface area (Å²) in [5.41, 5.74) is 0. The fraction of sp³-hybridized carbons (Fsp3) is 0.750. The summed E-state index contributed by atoms with van der Waals surface area (Å²) < 4.78 is -1.80. The largest absolute Gasteiger partial charge is 0.296 e. The van der Waals surface area contributed by atoms with Gasteiger partial charge in [-0.25, -0.2) is 0 Å². The molecule has 0 heterocycles. The predicted octanol–water partition coefficient (Wildman–Crippen LogP) is 2.12. The van der Waals surface area contributed by atoms with Crippen molar-refractivity contribution >= 4 is 34.8 Å². The second kappa shape index (κ2) is 3.35. The fourth-order valence-electron chi connectivity index (χ4n) is 0.909. The molecule has 2 nitrogen and oxygen atoms in total. The Labute approximate surface area is 81.2 Å². The van der Waals surface area contributed by atoms with Crippen LogP contribution in [0.5, 0.6) is 0 Å². The Morgan fingerprint density at radius 3 is 2.25 bits per heavy atom. The van der Waals surface area contributed by atoms with Crippen molar-refractivity contribution in [3.63, 3.8) is 0 Å². The number of ketones is 2. The zero-order chi connectivity index (χ0) is 9.35. The van der Waals surface area contributed by atoms with Crippen LogP contribution < -0.4 is 0 Å². The molecule has 1 aliphatic carbocycles.